The molecule has 0 radical (unpaired) electrons. The summed E-state index contributed by atoms with van der Waals surface area (Å²) in [6, 6.07) is 2.60. The number of esters is 1. The molecule has 5 amide bonds. The second kappa shape index (κ2) is 36.0. The maximum absolute atomic E-state index is 14.4. The molecule has 21 nitrogen and oxygen atoms in total. The molecule has 1 aromatic rings. The number of aliphatic carboxylic acids is 1. The highest BCUT2D eigenvalue weighted by Crippen LogP contribution is 2.49. The molecule has 90 heavy (non-hydrogen) atoms. The van der Waals surface area contributed by atoms with E-state index in [4.69, 9.17) is 30.5 Å². The van der Waals surface area contributed by atoms with E-state index in [-0.39, 0.29) is 85.5 Å². The first-order valence-corrected chi connectivity index (χ1v) is 33.7. The molecule has 10 atom stereocenters. The van der Waals surface area contributed by atoms with Crippen LogP contribution >= 0.6 is 23.4 Å². The number of epoxide rings is 1. The summed E-state index contributed by atoms with van der Waals surface area (Å²) in [5.41, 5.74) is 0.0891. The van der Waals surface area contributed by atoms with Gasteiger partial charge in [0.2, 0.25) is 23.6 Å². The van der Waals surface area contributed by atoms with E-state index in [9.17, 15) is 58.2 Å². The molecule has 2 saturated heterocycles. The topological polar surface area (TPSA) is 294 Å². The average Bonchev–Trinajstić information content (AvgIpc) is 1.58. The Bertz CT molecular complexity index is 2750. The highest BCUT2D eigenvalue weighted by Gasteiger charge is 2.64. The lowest BCUT2D eigenvalue weighted by Crippen LogP contribution is -2.60. The number of anilines is 1. The van der Waals surface area contributed by atoms with Crippen LogP contribution in [0.25, 0.3) is 0 Å². The lowest BCUT2D eigenvalue weighted by atomic mass is 9.79. The molecule has 1 aromatic carbocycles. The van der Waals surface area contributed by atoms with Gasteiger partial charge >= 0.3 is 18.0 Å². The van der Waals surface area contributed by atoms with Crippen molar-refractivity contribution in [3.05, 3.63) is 52.1 Å². The van der Waals surface area contributed by atoms with E-state index in [0.29, 0.717) is 88.2 Å². The van der Waals surface area contributed by atoms with E-state index in [1.165, 1.54) is 30.7 Å². The number of fused-ring (bicyclic) bond motifs is 5. The third kappa shape index (κ3) is 22.9. The molecule has 4 aliphatic rings. The number of Topliss-reactive ketones (excluding diaryl/α,β-unsaturated/α-hetero) is 3. The van der Waals surface area contributed by atoms with Gasteiger partial charge in [-0.3, -0.25) is 43.7 Å². The van der Waals surface area contributed by atoms with Gasteiger partial charge in [-0.2, -0.15) is 0 Å². The second-order valence-electron chi connectivity index (χ2n) is 25.6. The Morgan fingerprint density at radius 3 is 2.34 bits per heavy atom. The minimum atomic E-state index is -1.67. The number of carboxylic acid groups (broad SMARTS) is 1. The lowest BCUT2D eigenvalue weighted by Gasteiger charge is -2.41. The predicted molar refractivity (Wildman–Crippen MR) is 344 cm³/mol. The number of nitrogens with zero attached hydrogens (tertiary/aromatic N) is 2. The number of carbonyl (C=O) groups is 10. The molecule has 3 aliphatic heterocycles. The number of alkyl carbamates (subject to hydrolysis) is 1. The Hall–Kier alpha value is -5.68. The van der Waals surface area contributed by atoms with Gasteiger partial charge in [0, 0.05) is 95.1 Å². The van der Waals surface area contributed by atoms with E-state index < -0.39 is 94.9 Å². The number of aliphatic hydroxyl groups is 1. The fraction of sp³-hybridized carbons (Fsp3) is 0.701. The Morgan fingerprint density at radius 1 is 0.944 bits per heavy atom. The monoisotopic (exact) mass is 1300 g/mol. The maximum Gasteiger partial charge on any atom is 0.409 e. The van der Waals surface area contributed by atoms with Crippen molar-refractivity contribution in [2.24, 2.45) is 29.6 Å². The number of ether oxygens (including phenoxy) is 4. The fourth-order valence-corrected chi connectivity index (χ4v) is 13.4. The van der Waals surface area contributed by atoms with Crippen LogP contribution in [0.5, 0.6) is 0 Å². The van der Waals surface area contributed by atoms with Crippen LogP contribution in [0.2, 0.25) is 5.02 Å². The van der Waals surface area contributed by atoms with Gasteiger partial charge in [-0.1, -0.05) is 87.9 Å². The third-order valence-corrected chi connectivity index (χ3v) is 20.2. The first kappa shape index (κ1) is 75.0. The summed E-state index contributed by atoms with van der Waals surface area (Å²) in [6.45, 7) is 15.4. The molecule has 3 fully saturated rings. The molecule has 5 N–H and O–H groups in total. The van der Waals surface area contributed by atoms with Gasteiger partial charge in [0.05, 0.1) is 48.1 Å². The van der Waals surface area contributed by atoms with Gasteiger partial charge in [0.25, 0.3) is 0 Å². The van der Waals surface area contributed by atoms with Crippen molar-refractivity contribution < 1.29 is 77.1 Å². The minimum absolute atomic E-state index is 0.00419. The quantitative estimate of drug-likeness (QED) is 0.0255. The molecule has 23 heteroatoms. The SMILES string of the molecule is CCCCCC(=O)NCCOCCC(=O)CC(CCCCCC(=O)C1CCC(CNC(=O)C(CC(=O)O)SCCC(=O)N(C)[C@@H](C)C(=O)O[C@H]2CC(=O)N(C)c3cc(cc(C)c3Cl)C/C(C)=C/C=C/[C@H](C)[C@@]3(O)CC(OC(=O)N3)[C@@H](C)[C@@H]3O[C@@]23C)CC1)C(C)=O. The summed E-state index contributed by atoms with van der Waals surface area (Å²) in [4.78, 5) is 133. The zero-order valence-corrected chi connectivity index (χ0v) is 56.2. The number of likely N-dealkylation sites (N-methyl/N-ethyl adjacent to an activating group) is 1. The van der Waals surface area contributed by atoms with Gasteiger partial charge in [0.15, 0.2) is 0 Å². The number of hydrogen-bond acceptors (Lipinski definition) is 16. The molecular formula is C67H100ClN5O16S. The van der Waals surface area contributed by atoms with Crippen molar-refractivity contribution in [3.63, 3.8) is 0 Å². The number of thioether (sulfide) groups is 1. The summed E-state index contributed by atoms with van der Waals surface area (Å²) in [6.07, 6.45) is 11.2. The number of aryl methyl sites for hydroxylation is 1. The van der Waals surface area contributed by atoms with E-state index in [1.54, 1.807) is 27.8 Å². The van der Waals surface area contributed by atoms with E-state index in [1.807, 2.05) is 44.2 Å². The number of carbonyl (C=O) groups excluding carboxylic acids is 9. The van der Waals surface area contributed by atoms with Crippen LogP contribution in [0.3, 0.4) is 0 Å². The van der Waals surface area contributed by atoms with Crippen molar-refractivity contribution in [1.82, 2.24) is 20.9 Å². The summed E-state index contributed by atoms with van der Waals surface area (Å²) < 4.78 is 23.8. The lowest BCUT2D eigenvalue weighted by molar-refractivity contribution is -0.162. The largest absolute Gasteiger partial charge is 0.481 e. The number of halogens is 1. The number of ketones is 3. The van der Waals surface area contributed by atoms with Gasteiger partial charge in [-0.05, 0) is 109 Å². The smallest absolute Gasteiger partial charge is 0.409 e. The summed E-state index contributed by atoms with van der Waals surface area (Å²) in [7, 11) is 3.01. The van der Waals surface area contributed by atoms with E-state index in [2.05, 4.69) is 22.9 Å². The number of carboxylic acids is 1. The third-order valence-electron chi connectivity index (χ3n) is 18.4. The number of allylic oxidation sites excluding steroid dienone is 3. The highest BCUT2D eigenvalue weighted by atomic mass is 35.5. The summed E-state index contributed by atoms with van der Waals surface area (Å²) >= 11 is 7.87. The van der Waals surface area contributed by atoms with Gasteiger partial charge in [0.1, 0.15) is 46.9 Å². The van der Waals surface area contributed by atoms with Crippen molar-refractivity contribution in [1.29, 1.82) is 0 Å². The number of hydrogen-bond donors (Lipinski definition) is 5. The highest BCUT2D eigenvalue weighted by molar-refractivity contribution is 8.00. The predicted octanol–water partition coefficient (Wildman–Crippen LogP) is 9.11. The first-order valence-electron chi connectivity index (χ1n) is 32.3. The van der Waals surface area contributed by atoms with Crippen LogP contribution in [0.1, 0.15) is 182 Å². The number of nitrogens with one attached hydrogen (secondary N) is 3. The molecule has 3 heterocycles. The zero-order valence-electron chi connectivity index (χ0n) is 54.6. The van der Waals surface area contributed by atoms with Crippen LogP contribution in [0.4, 0.5) is 10.5 Å². The van der Waals surface area contributed by atoms with Crippen molar-refractivity contribution in [2.75, 3.05) is 51.1 Å². The van der Waals surface area contributed by atoms with Crippen molar-refractivity contribution in [3.8, 4) is 0 Å². The molecular weight excluding hydrogens is 1200 g/mol. The van der Waals surface area contributed by atoms with Gasteiger partial charge in [-0.25, -0.2) is 9.59 Å². The number of unbranched alkanes of at least 4 members (excludes halogenated alkanes) is 4. The first-order chi connectivity index (χ1) is 42.6. The Morgan fingerprint density at radius 2 is 1.66 bits per heavy atom. The molecule has 0 spiro atoms. The molecule has 502 valence electrons. The number of amides is 5. The van der Waals surface area contributed by atoms with Crippen LogP contribution in [-0.4, -0.2) is 161 Å². The van der Waals surface area contributed by atoms with E-state index >= 15 is 0 Å². The summed E-state index contributed by atoms with van der Waals surface area (Å²) in [5, 5.41) is 29.2. The van der Waals surface area contributed by atoms with E-state index in [0.717, 1.165) is 60.6 Å². The molecule has 1 aliphatic carbocycles. The minimum Gasteiger partial charge on any atom is -0.481 e. The van der Waals surface area contributed by atoms with Crippen LogP contribution in [-0.2, 0) is 68.5 Å². The average molecular weight is 1300 g/mol. The van der Waals surface area contributed by atoms with Gasteiger partial charge < -0.3 is 49.6 Å². The molecule has 3 unspecified atom stereocenters. The molecule has 0 aromatic heterocycles. The normalized spacial score (nSPS) is 26.4. The zero-order chi connectivity index (χ0) is 66.5. The fourth-order valence-electron chi connectivity index (χ4n) is 12.1. The molecule has 5 rings (SSSR count). The molecule has 4 bridgehead atoms. The van der Waals surface area contributed by atoms with Crippen LogP contribution in [0.15, 0.2) is 35.9 Å². The summed E-state index contributed by atoms with van der Waals surface area (Å²) in [5.74, 6) is -4.75. The standard InChI is InChI=1S/C67H100ClN5O16S/c1-11-12-14-22-57(77)69-29-31-86-30-27-51(75)36-50(46(7)74)20-15-13-16-21-53(76)49-25-23-47(24-26-49)40-70-63(82)55(37-60(80)81)90-32-28-58(78)72(9)45(6)64(83)88-56-38-59(79)73(10)52-35-48(34-42(3)61(52)68)33-41(2)18-17-19-43(4)67(85)39-54(87-65(84)71-67)44(5)62-66(56,8)89-62/h17-19,34-35,43-45,47,49-50,54-56,62,85H,11-16,20-33,36-40H2,1-10H3,(H,69,77)(H,70,82)(H,71,84)(H,80,81)/b19-17+,41-18+/t43-,44+,45-,47?,49?,50?,54?,55?,56-,62-,66-,67-/m0/s1. The van der Waals surface area contributed by atoms with Crippen molar-refractivity contribution in [2.45, 2.75) is 225 Å². The number of benzene rings is 1. The Labute approximate surface area is 541 Å². The Kier molecular flexibility index (Phi) is 30.0. The maximum atomic E-state index is 14.4. The van der Waals surface area contributed by atoms with Crippen molar-refractivity contribution >= 4 is 88.1 Å². The van der Waals surface area contributed by atoms with Crippen LogP contribution < -0.4 is 20.9 Å². The van der Waals surface area contributed by atoms with Gasteiger partial charge in [-0.15, -0.1) is 11.8 Å². The Balaban J connectivity index is 1.07. The van der Waals surface area contributed by atoms with Crippen LogP contribution in [0, 0.1) is 36.5 Å². The molecule has 1 saturated carbocycles. The number of rotatable bonds is 32. The second-order valence-corrected chi connectivity index (χ2v) is 27.3.